The monoisotopic (exact) mass is 162 g/mol. The Bertz CT molecular complexity index is 110. The van der Waals surface area contributed by atoms with Crippen LogP contribution in [-0.2, 0) is 0 Å². The zero-order chi connectivity index (χ0) is 9.11. The Labute approximate surface area is 65.3 Å². The maximum atomic E-state index is 9.00. The van der Waals surface area contributed by atoms with Gasteiger partial charge in [0, 0.05) is 6.61 Å². The smallest absolute Gasteiger partial charge is 0.309 e. The van der Waals surface area contributed by atoms with Gasteiger partial charge >= 0.3 is 6.03 Å². The number of hydrogen-bond donors (Lipinski definition) is 4. The van der Waals surface area contributed by atoms with E-state index in [0.717, 1.165) is 0 Å². The molecule has 0 aromatic rings. The van der Waals surface area contributed by atoms with Gasteiger partial charge in [0.1, 0.15) is 0 Å². The zero-order valence-corrected chi connectivity index (χ0v) is 6.23. The van der Waals surface area contributed by atoms with E-state index in [9.17, 15) is 0 Å². The number of aliphatic hydroxyl groups excluding tert-OH is 2. The molecule has 11 heavy (non-hydrogen) atoms. The van der Waals surface area contributed by atoms with Crippen LogP contribution < -0.4 is 11.5 Å². The topological polar surface area (TPSA) is 110 Å². The van der Waals surface area contributed by atoms with Crippen LogP contribution in [0.3, 0.4) is 0 Å². The summed E-state index contributed by atoms with van der Waals surface area (Å²) >= 11 is 0. The molecule has 0 fully saturated rings. The molecule has 0 saturated heterocycles. The Morgan fingerprint density at radius 1 is 1.27 bits per heavy atom. The summed E-state index contributed by atoms with van der Waals surface area (Å²) in [6, 6.07) is -0.833. The van der Waals surface area contributed by atoms with Crippen LogP contribution in [0.15, 0.2) is 12.2 Å². The summed E-state index contributed by atoms with van der Waals surface area (Å²) in [6.07, 6.45) is 3.98. The minimum absolute atomic E-state index is 0.0694. The first kappa shape index (κ1) is 12.6. The Kier molecular flexibility index (Phi) is 13.4. The molecule has 0 radical (unpaired) electrons. The molecule has 0 aromatic carbocycles. The molecule has 0 bridgehead atoms. The quantitative estimate of drug-likeness (QED) is 0.397. The molecular formula is C6H14N2O3. The van der Waals surface area contributed by atoms with Crippen molar-refractivity contribution in [3.63, 3.8) is 0 Å². The molecule has 5 heteroatoms. The minimum atomic E-state index is -0.833. The van der Waals surface area contributed by atoms with Crippen molar-refractivity contribution in [3.8, 4) is 0 Å². The second-order valence-corrected chi connectivity index (χ2v) is 1.57. The first-order chi connectivity index (χ1) is 5.15. The molecule has 0 spiro atoms. The van der Waals surface area contributed by atoms with Gasteiger partial charge < -0.3 is 21.7 Å². The van der Waals surface area contributed by atoms with Gasteiger partial charge in [0.15, 0.2) is 0 Å². The van der Waals surface area contributed by atoms with Crippen LogP contribution in [0.1, 0.15) is 6.42 Å². The lowest BCUT2D eigenvalue weighted by atomic mass is 10.4. The van der Waals surface area contributed by atoms with Crippen molar-refractivity contribution in [2.45, 2.75) is 6.42 Å². The molecule has 0 aliphatic heterocycles. The summed E-state index contributed by atoms with van der Waals surface area (Å²) in [4.78, 5) is 9.00. The van der Waals surface area contributed by atoms with Gasteiger partial charge in [-0.25, -0.2) is 4.79 Å². The zero-order valence-electron chi connectivity index (χ0n) is 6.23. The fourth-order valence-corrected chi connectivity index (χ4v) is 0.267. The molecule has 0 rings (SSSR count). The van der Waals surface area contributed by atoms with Crippen LogP contribution >= 0.6 is 0 Å². The van der Waals surface area contributed by atoms with Crippen molar-refractivity contribution in [2.75, 3.05) is 13.2 Å². The summed E-state index contributed by atoms with van der Waals surface area (Å²) in [5, 5.41) is 16.3. The molecule has 0 unspecified atom stereocenters. The SMILES string of the molecule is NC(N)=O.OCC=CCCO. The van der Waals surface area contributed by atoms with E-state index in [-0.39, 0.29) is 13.2 Å². The van der Waals surface area contributed by atoms with Crippen molar-refractivity contribution in [1.82, 2.24) is 0 Å². The largest absolute Gasteiger partial charge is 0.396 e. The second kappa shape index (κ2) is 11.7. The Morgan fingerprint density at radius 3 is 2.00 bits per heavy atom. The van der Waals surface area contributed by atoms with Gasteiger partial charge in [-0.15, -0.1) is 0 Å². The van der Waals surface area contributed by atoms with Crippen molar-refractivity contribution < 1.29 is 15.0 Å². The molecule has 0 aliphatic carbocycles. The van der Waals surface area contributed by atoms with Gasteiger partial charge in [0.05, 0.1) is 6.61 Å². The molecule has 0 atom stereocenters. The molecule has 2 amide bonds. The number of aliphatic hydroxyl groups is 2. The maximum absolute atomic E-state index is 9.00. The fourth-order valence-electron chi connectivity index (χ4n) is 0.267. The number of rotatable bonds is 3. The fraction of sp³-hybridized carbons (Fsp3) is 0.500. The molecule has 6 N–H and O–H groups in total. The van der Waals surface area contributed by atoms with Gasteiger partial charge in [-0.05, 0) is 6.42 Å². The van der Waals surface area contributed by atoms with E-state index in [4.69, 9.17) is 15.0 Å². The lowest BCUT2D eigenvalue weighted by Gasteiger charge is -1.79. The molecule has 0 aromatic heterocycles. The third kappa shape index (κ3) is 50.0. The van der Waals surface area contributed by atoms with Gasteiger partial charge in [-0.1, -0.05) is 12.2 Å². The summed E-state index contributed by atoms with van der Waals surface area (Å²) in [5.41, 5.74) is 8.50. The number of amides is 2. The van der Waals surface area contributed by atoms with Crippen molar-refractivity contribution >= 4 is 6.03 Å². The number of urea groups is 1. The number of nitrogens with two attached hydrogens (primary N) is 2. The lowest BCUT2D eigenvalue weighted by Crippen LogP contribution is -2.18. The average molecular weight is 162 g/mol. The number of primary amides is 2. The summed E-state index contributed by atoms with van der Waals surface area (Å²) in [6.45, 7) is 0.233. The average Bonchev–Trinajstić information content (AvgIpc) is 1.88. The van der Waals surface area contributed by atoms with Gasteiger partial charge in [-0.3, -0.25) is 0 Å². The standard InChI is InChI=1S/C5H10O2.CH4N2O/c6-4-2-1-3-5-7;2-1(3)4/h1-2,6-7H,3-5H2;(H4,2,3,4). The Morgan fingerprint density at radius 2 is 1.73 bits per heavy atom. The van der Waals surface area contributed by atoms with Crippen LogP contribution in [0.4, 0.5) is 4.79 Å². The first-order valence-corrected chi connectivity index (χ1v) is 3.06. The first-order valence-electron chi connectivity index (χ1n) is 3.06. The molecule has 0 saturated carbocycles. The summed E-state index contributed by atoms with van der Waals surface area (Å²) in [5.74, 6) is 0. The van der Waals surface area contributed by atoms with E-state index in [2.05, 4.69) is 11.5 Å². The van der Waals surface area contributed by atoms with E-state index in [1.165, 1.54) is 0 Å². The second-order valence-electron chi connectivity index (χ2n) is 1.57. The van der Waals surface area contributed by atoms with Crippen molar-refractivity contribution in [3.05, 3.63) is 12.2 Å². The third-order valence-electron chi connectivity index (χ3n) is 0.568. The minimum Gasteiger partial charge on any atom is -0.396 e. The van der Waals surface area contributed by atoms with Crippen LogP contribution in [-0.4, -0.2) is 29.5 Å². The van der Waals surface area contributed by atoms with E-state index >= 15 is 0 Å². The van der Waals surface area contributed by atoms with E-state index in [1.54, 1.807) is 12.2 Å². The highest BCUT2D eigenvalue weighted by Gasteiger charge is 1.69. The van der Waals surface area contributed by atoms with Gasteiger partial charge in [-0.2, -0.15) is 0 Å². The van der Waals surface area contributed by atoms with Gasteiger partial charge in [0.25, 0.3) is 0 Å². The van der Waals surface area contributed by atoms with Crippen molar-refractivity contribution in [2.24, 2.45) is 11.5 Å². The van der Waals surface area contributed by atoms with Crippen molar-refractivity contribution in [1.29, 1.82) is 0 Å². The molecule has 0 heterocycles. The van der Waals surface area contributed by atoms with E-state index in [0.29, 0.717) is 6.42 Å². The number of carbonyl (C=O) groups is 1. The Hall–Kier alpha value is -1.07. The van der Waals surface area contributed by atoms with Crippen LogP contribution in [0.5, 0.6) is 0 Å². The van der Waals surface area contributed by atoms with Crippen LogP contribution in [0.2, 0.25) is 0 Å². The van der Waals surface area contributed by atoms with E-state index < -0.39 is 6.03 Å². The third-order valence-corrected chi connectivity index (χ3v) is 0.568. The predicted octanol–water partition coefficient (Wildman–Crippen LogP) is -1.06. The van der Waals surface area contributed by atoms with Gasteiger partial charge in [0.2, 0.25) is 0 Å². The highest BCUT2D eigenvalue weighted by atomic mass is 16.3. The predicted molar refractivity (Wildman–Crippen MR) is 41.7 cm³/mol. The maximum Gasteiger partial charge on any atom is 0.309 e. The highest BCUT2D eigenvalue weighted by molar-refractivity contribution is 5.69. The number of carbonyl (C=O) groups excluding carboxylic acids is 1. The molecule has 66 valence electrons. The summed E-state index contributed by atoms with van der Waals surface area (Å²) < 4.78 is 0. The molecular weight excluding hydrogens is 148 g/mol. The number of hydrogen-bond acceptors (Lipinski definition) is 3. The van der Waals surface area contributed by atoms with E-state index in [1.807, 2.05) is 0 Å². The van der Waals surface area contributed by atoms with Crippen LogP contribution in [0.25, 0.3) is 0 Å². The summed E-state index contributed by atoms with van der Waals surface area (Å²) in [7, 11) is 0. The van der Waals surface area contributed by atoms with Crippen LogP contribution in [0, 0.1) is 0 Å². The normalized spacial score (nSPS) is 8.91. The Balaban J connectivity index is 0. The molecule has 5 nitrogen and oxygen atoms in total. The highest BCUT2D eigenvalue weighted by Crippen LogP contribution is 1.76. The lowest BCUT2D eigenvalue weighted by molar-refractivity contribution is 0.256. The molecule has 0 aliphatic rings.